The number of benzene rings is 3. The maximum atomic E-state index is 11.6. The summed E-state index contributed by atoms with van der Waals surface area (Å²) in [6, 6.07) is 22.5. The summed E-state index contributed by atoms with van der Waals surface area (Å²) in [5.74, 6) is 1.80. The first kappa shape index (κ1) is 20.9. The van der Waals surface area contributed by atoms with Crippen LogP contribution in [-0.4, -0.2) is 42.3 Å². The van der Waals surface area contributed by atoms with E-state index in [0.29, 0.717) is 19.7 Å². The Morgan fingerprint density at radius 2 is 1.84 bits per heavy atom. The Bertz CT molecular complexity index is 1160. The van der Waals surface area contributed by atoms with E-state index in [1.165, 1.54) is 12.5 Å². The summed E-state index contributed by atoms with van der Waals surface area (Å²) in [5.41, 5.74) is 2.08. The predicted octanol–water partition coefficient (Wildman–Crippen LogP) is 3.96. The Balaban J connectivity index is 1.43. The fourth-order valence-electron chi connectivity index (χ4n) is 3.79. The van der Waals surface area contributed by atoms with Crippen LogP contribution < -0.4 is 10.1 Å². The standard InChI is InChI=1S/C25H27N3O3/c1-30-18-25(29)26-15-7-14-24-27-21-11-4-5-12-22(21)28(24)16-17-31-23-13-6-9-19-8-2-3-10-20(19)23/h2-6,8-13H,7,14-18H2,1H3,(H,26,29). The predicted molar refractivity (Wildman–Crippen MR) is 122 cm³/mol. The zero-order valence-corrected chi connectivity index (χ0v) is 17.7. The molecular weight excluding hydrogens is 390 g/mol. The Morgan fingerprint density at radius 1 is 1.03 bits per heavy atom. The fraction of sp³-hybridized carbons (Fsp3) is 0.280. The van der Waals surface area contributed by atoms with E-state index >= 15 is 0 Å². The van der Waals surface area contributed by atoms with E-state index in [1.54, 1.807) is 0 Å². The Kier molecular flexibility index (Phi) is 6.79. The molecule has 0 fully saturated rings. The van der Waals surface area contributed by atoms with Gasteiger partial charge in [-0.05, 0) is 30.0 Å². The number of rotatable bonds is 10. The van der Waals surface area contributed by atoms with Crippen molar-refractivity contribution in [2.45, 2.75) is 19.4 Å². The van der Waals surface area contributed by atoms with Crippen LogP contribution in [0.2, 0.25) is 0 Å². The molecule has 31 heavy (non-hydrogen) atoms. The Hall–Kier alpha value is -3.38. The summed E-state index contributed by atoms with van der Waals surface area (Å²) in [4.78, 5) is 16.4. The SMILES string of the molecule is COCC(=O)NCCCc1nc2ccccc2n1CCOc1cccc2ccccc12. The van der Waals surface area contributed by atoms with Gasteiger partial charge in [0.05, 0.1) is 17.6 Å². The number of carbonyl (C=O) groups excluding carboxylic acids is 1. The molecule has 0 aliphatic rings. The lowest BCUT2D eigenvalue weighted by atomic mass is 10.1. The molecule has 0 aliphatic carbocycles. The Morgan fingerprint density at radius 3 is 2.74 bits per heavy atom. The van der Waals surface area contributed by atoms with Crippen molar-refractivity contribution in [2.24, 2.45) is 0 Å². The molecule has 3 aromatic carbocycles. The van der Waals surface area contributed by atoms with Gasteiger partial charge in [0.2, 0.25) is 5.91 Å². The molecule has 6 nitrogen and oxygen atoms in total. The number of carbonyl (C=O) groups is 1. The third-order valence-electron chi connectivity index (χ3n) is 5.23. The van der Waals surface area contributed by atoms with Gasteiger partial charge in [0.1, 0.15) is 24.8 Å². The number of nitrogens with zero attached hydrogens (tertiary/aromatic N) is 2. The largest absolute Gasteiger partial charge is 0.491 e. The number of nitrogens with one attached hydrogen (secondary N) is 1. The molecule has 0 radical (unpaired) electrons. The number of ether oxygens (including phenoxy) is 2. The average Bonchev–Trinajstić information content (AvgIpc) is 3.14. The third-order valence-corrected chi connectivity index (χ3v) is 5.23. The molecule has 4 aromatic rings. The minimum atomic E-state index is -0.0977. The van der Waals surface area contributed by atoms with E-state index in [4.69, 9.17) is 14.5 Å². The minimum Gasteiger partial charge on any atom is -0.491 e. The maximum Gasteiger partial charge on any atom is 0.245 e. The van der Waals surface area contributed by atoms with Crippen molar-refractivity contribution in [3.8, 4) is 5.75 Å². The van der Waals surface area contributed by atoms with Crippen LogP contribution in [0.15, 0.2) is 66.7 Å². The van der Waals surface area contributed by atoms with Crippen LogP contribution in [-0.2, 0) is 22.5 Å². The Labute approximate surface area is 181 Å². The molecule has 1 N–H and O–H groups in total. The van der Waals surface area contributed by atoms with E-state index < -0.39 is 0 Å². The van der Waals surface area contributed by atoms with Crippen molar-refractivity contribution >= 4 is 27.7 Å². The van der Waals surface area contributed by atoms with E-state index in [2.05, 4.69) is 34.1 Å². The molecule has 0 bridgehead atoms. The maximum absolute atomic E-state index is 11.6. The molecule has 1 heterocycles. The summed E-state index contributed by atoms with van der Waals surface area (Å²) >= 11 is 0. The van der Waals surface area contributed by atoms with Crippen LogP contribution in [0.5, 0.6) is 5.75 Å². The lowest BCUT2D eigenvalue weighted by molar-refractivity contribution is -0.124. The molecule has 0 atom stereocenters. The van der Waals surface area contributed by atoms with E-state index in [0.717, 1.165) is 40.8 Å². The lowest BCUT2D eigenvalue weighted by Gasteiger charge is -2.12. The molecule has 0 aliphatic heterocycles. The number of hydrogen-bond acceptors (Lipinski definition) is 4. The minimum absolute atomic E-state index is 0.0873. The molecule has 0 unspecified atom stereocenters. The highest BCUT2D eigenvalue weighted by Gasteiger charge is 2.11. The smallest absolute Gasteiger partial charge is 0.245 e. The van der Waals surface area contributed by atoms with Crippen LogP contribution in [0.1, 0.15) is 12.2 Å². The average molecular weight is 418 g/mol. The van der Waals surface area contributed by atoms with E-state index in [-0.39, 0.29) is 12.5 Å². The first-order valence-electron chi connectivity index (χ1n) is 10.6. The van der Waals surface area contributed by atoms with Gasteiger partial charge in [0.15, 0.2) is 0 Å². The highest BCUT2D eigenvalue weighted by molar-refractivity contribution is 5.88. The topological polar surface area (TPSA) is 65.4 Å². The van der Waals surface area contributed by atoms with Gasteiger partial charge in [-0.15, -0.1) is 0 Å². The van der Waals surface area contributed by atoms with Crippen LogP contribution in [0.4, 0.5) is 0 Å². The van der Waals surface area contributed by atoms with Crippen molar-refractivity contribution in [1.29, 1.82) is 0 Å². The second-order valence-corrected chi connectivity index (χ2v) is 7.38. The third kappa shape index (κ3) is 5.03. The highest BCUT2D eigenvalue weighted by atomic mass is 16.5. The summed E-state index contributed by atoms with van der Waals surface area (Å²) in [7, 11) is 1.52. The number of aromatic nitrogens is 2. The number of fused-ring (bicyclic) bond motifs is 2. The second kappa shape index (κ2) is 10.1. The van der Waals surface area contributed by atoms with Gasteiger partial charge in [-0.1, -0.05) is 48.5 Å². The van der Waals surface area contributed by atoms with Gasteiger partial charge in [-0.3, -0.25) is 4.79 Å². The van der Waals surface area contributed by atoms with E-state index in [9.17, 15) is 4.79 Å². The van der Waals surface area contributed by atoms with Gasteiger partial charge in [0.25, 0.3) is 0 Å². The number of aryl methyl sites for hydroxylation is 1. The van der Waals surface area contributed by atoms with Crippen LogP contribution >= 0.6 is 0 Å². The van der Waals surface area contributed by atoms with Crippen molar-refractivity contribution < 1.29 is 14.3 Å². The number of imidazole rings is 1. The summed E-state index contributed by atoms with van der Waals surface area (Å²) < 4.78 is 13.2. The van der Waals surface area contributed by atoms with Crippen molar-refractivity contribution in [3.63, 3.8) is 0 Å². The number of amides is 1. The van der Waals surface area contributed by atoms with Gasteiger partial charge in [-0.2, -0.15) is 0 Å². The monoisotopic (exact) mass is 417 g/mol. The molecule has 1 amide bonds. The first-order chi connectivity index (χ1) is 15.3. The highest BCUT2D eigenvalue weighted by Crippen LogP contribution is 2.25. The zero-order chi connectivity index (χ0) is 21.5. The second-order valence-electron chi connectivity index (χ2n) is 7.38. The quantitative estimate of drug-likeness (QED) is 0.397. The van der Waals surface area contributed by atoms with Gasteiger partial charge < -0.3 is 19.4 Å². The molecule has 1 aromatic heterocycles. The van der Waals surface area contributed by atoms with Gasteiger partial charge in [0, 0.05) is 25.5 Å². The molecule has 0 saturated heterocycles. The summed E-state index contributed by atoms with van der Waals surface area (Å²) in [5, 5.41) is 5.15. The summed E-state index contributed by atoms with van der Waals surface area (Å²) in [6.07, 6.45) is 1.58. The van der Waals surface area contributed by atoms with Gasteiger partial charge in [-0.25, -0.2) is 4.98 Å². The summed E-state index contributed by atoms with van der Waals surface area (Å²) in [6.45, 7) is 1.93. The molecular formula is C25H27N3O3. The van der Waals surface area contributed by atoms with Crippen LogP contribution in [0.25, 0.3) is 21.8 Å². The fourth-order valence-corrected chi connectivity index (χ4v) is 3.79. The van der Waals surface area contributed by atoms with Crippen LogP contribution in [0, 0.1) is 0 Å². The van der Waals surface area contributed by atoms with E-state index in [1.807, 2.05) is 42.5 Å². The van der Waals surface area contributed by atoms with Crippen LogP contribution in [0.3, 0.4) is 0 Å². The first-order valence-corrected chi connectivity index (χ1v) is 10.6. The molecule has 160 valence electrons. The molecule has 4 rings (SSSR count). The normalized spacial score (nSPS) is 11.1. The molecule has 0 spiro atoms. The number of methoxy groups -OCH3 is 1. The van der Waals surface area contributed by atoms with Crippen molar-refractivity contribution in [1.82, 2.24) is 14.9 Å². The number of para-hydroxylation sites is 2. The molecule has 0 saturated carbocycles. The van der Waals surface area contributed by atoms with Crippen molar-refractivity contribution in [3.05, 3.63) is 72.6 Å². The zero-order valence-electron chi connectivity index (χ0n) is 17.7. The molecule has 6 heteroatoms. The van der Waals surface area contributed by atoms with Crippen molar-refractivity contribution in [2.75, 3.05) is 26.9 Å². The lowest BCUT2D eigenvalue weighted by Crippen LogP contribution is -2.28. The van der Waals surface area contributed by atoms with Gasteiger partial charge >= 0.3 is 0 Å². The number of hydrogen-bond donors (Lipinski definition) is 1.